The van der Waals surface area contributed by atoms with Crippen LogP contribution in [0.4, 0.5) is 5.13 Å². The van der Waals surface area contributed by atoms with E-state index >= 15 is 0 Å². The molecular weight excluding hydrogens is 422 g/mol. The van der Waals surface area contributed by atoms with Gasteiger partial charge in [0.25, 0.3) is 11.8 Å². The smallest absolute Gasteiger partial charge is 0.289 e. The highest BCUT2D eigenvalue weighted by molar-refractivity contribution is 7.14. The Morgan fingerprint density at radius 3 is 2.65 bits per heavy atom. The zero-order valence-corrected chi connectivity index (χ0v) is 17.2. The summed E-state index contributed by atoms with van der Waals surface area (Å²) in [6.45, 7) is 1.74. The molecule has 0 saturated carbocycles. The number of rotatable bonds is 5. The fraction of sp³-hybridized carbons (Fsp3) is 0.300. The molecule has 0 spiro atoms. The molecule has 2 aliphatic rings. The Morgan fingerprint density at radius 2 is 1.97 bits per heavy atom. The molecule has 0 aliphatic carbocycles. The third kappa shape index (κ3) is 4.94. The summed E-state index contributed by atoms with van der Waals surface area (Å²) in [4.78, 5) is 59.4. The quantitative estimate of drug-likeness (QED) is 0.738. The van der Waals surface area contributed by atoms with Gasteiger partial charge in [-0.1, -0.05) is 6.08 Å². The molecule has 1 unspecified atom stereocenters. The first kappa shape index (κ1) is 20.7. The molecule has 4 rings (SSSR count). The fourth-order valence-electron chi connectivity index (χ4n) is 3.20. The lowest BCUT2D eigenvalue weighted by atomic mass is 10.1. The second-order valence-electron chi connectivity index (χ2n) is 6.96. The molecule has 160 valence electrons. The molecule has 2 aromatic rings. The van der Waals surface area contributed by atoms with E-state index in [0.717, 1.165) is 0 Å². The van der Waals surface area contributed by atoms with Crippen LogP contribution >= 0.6 is 11.3 Å². The van der Waals surface area contributed by atoms with Gasteiger partial charge in [-0.25, -0.2) is 9.98 Å². The van der Waals surface area contributed by atoms with E-state index in [1.54, 1.807) is 27.3 Å². The topological polar surface area (TPSA) is 125 Å². The van der Waals surface area contributed by atoms with Crippen LogP contribution in [-0.2, 0) is 20.8 Å². The van der Waals surface area contributed by atoms with Crippen molar-refractivity contribution in [3.05, 3.63) is 47.4 Å². The summed E-state index contributed by atoms with van der Waals surface area (Å²) < 4.78 is 5.14. The van der Waals surface area contributed by atoms with Crippen LogP contribution in [0.15, 0.2) is 45.3 Å². The van der Waals surface area contributed by atoms with Gasteiger partial charge in [0.1, 0.15) is 0 Å². The average molecular weight is 441 g/mol. The molecule has 11 heteroatoms. The van der Waals surface area contributed by atoms with Gasteiger partial charge >= 0.3 is 0 Å². The number of hydrogen-bond donors (Lipinski definition) is 1. The van der Waals surface area contributed by atoms with Gasteiger partial charge in [-0.2, -0.15) is 0 Å². The molecule has 1 fully saturated rings. The van der Waals surface area contributed by atoms with E-state index in [2.05, 4.69) is 15.3 Å². The predicted molar refractivity (Wildman–Crippen MR) is 112 cm³/mol. The zero-order valence-electron chi connectivity index (χ0n) is 16.4. The van der Waals surface area contributed by atoms with Crippen LogP contribution < -0.4 is 5.32 Å². The number of anilines is 1. The SMILES string of the molecule is O=C1C=CC(C(=O)Nc2nc(CC(=O)N3CCN(C(=O)c4ccco4)CC3)cs2)C=N1. The number of furan rings is 1. The van der Waals surface area contributed by atoms with Crippen LogP contribution in [-0.4, -0.2) is 70.8 Å². The number of carbonyl (C=O) groups is 4. The van der Waals surface area contributed by atoms with Gasteiger partial charge in [-0.3, -0.25) is 19.2 Å². The summed E-state index contributed by atoms with van der Waals surface area (Å²) >= 11 is 1.22. The minimum atomic E-state index is -0.633. The van der Waals surface area contributed by atoms with E-state index in [0.29, 0.717) is 42.8 Å². The van der Waals surface area contributed by atoms with Gasteiger partial charge in [0.15, 0.2) is 10.9 Å². The molecule has 4 amide bonds. The maximum absolute atomic E-state index is 12.6. The Bertz CT molecular complexity index is 1030. The van der Waals surface area contributed by atoms with Gasteiger partial charge in [0, 0.05) is 43.8 Å². The summed E-state index contributed by atoms with van der Waals surface area (Å²) in [6, 6.07) is 3.28. The van der Waals surface area contributed by atoms with Crippen molar-refractivity contribution in [3.8, 4) is 0 Å². The molecule has 1 saturated heterocycles. The Hall–Kier alpha value is -3.60. The second kappa shape index (κ2) is 9.04. The first-order chi connectivity index (χ1) is 15.0. The predicted octanol–water partition coefficient (Wildman–Crippen LogP) is 0.985. The lowest BCUT2D eigenvalue weighted by Crippen LogP contribution is -2.50. The van der Waals surface area contributed by atoms with Crippen LogP contribution in [0.5, 0.6) is 0 Å². The van der Waals surface area contributed by atoms with E-state index in [1.807, 2.05) is 0 Å². The number of thiazole rings is 1. The van der Waals surface area contributed by atoms with Crippen LogP contribution in [0.2, 0.25) is 0 Å². The minimum Gasteiger partial charge on any atom is -0.459 e. The summed E-state index contributed by atoms with van der Waals surface area (Å²) in [7, 11) is 0. The summed E-state index contributed by atoms with van der Waals surface area (Å²) in [6.07, 6.45) is 5.57. The van der Waals surface area contributed by atoms with Crippen molar-refractivity contribution in [1.29, 1.82) is 0 Å². The number of aromatic nitrogens is 1. The number of carbonyl (C=O) groups excluding carboxylic acids is 4. The normalized spacial score (nSPS) is 18.3. The molecule has 0 bridgehead atoms. The molecule has 1 N–H and O–H groups in total. The van der Waals surface area contributed by atoms with E-state index in [9.17, 15) is 19.2 Å². The number of amides is 4. The van der Waals surface area contributed by atoms with Gasteiger partial charge in [0.2, 0.25) is 11.8 Å². The first-order valence-electron chi connectivity index (χ1n) is 9.62. The van der Waals surface area contributed by atoms with Crippen molar-refractivity contribution in [2.45, 2.75) is 6.42 Å². The van der Waals surface area contributed by atoms with Gasteiger partial charge < -0.3 is 19.5 Å². The fourth-order valence-corrected chi connectivity index (χ4v) is 3.92. The van der Waals surface area contributed by atoms with Gasteiger partial charge in [-0.05, 0) is 12.1 Å². The van der Waals surface area contributed by atoms with Crippen molar-refractivity contribution in [2.24, 2.45) is 10.9 Å². The van der Waals surface area contributed by atoms with Crippen molar-refractivity contribution in [3.63, 3.8) is 0 Å². The zero-order chi connectivity index (χ0) is 21.8. The highest BCUT2D eigenvalue weighted by Crippen LogP contribution is 2.18. The number of dihydropyridines is 1. The maximum Gasteiger partial charge on any atom is 0.289 e. The molecular formula is C20H19N5O5S. The van der Waals surface area contributed by atoms with E-state index in [4.69, 9.17) is 4.42 Å². The Kier molecular flexibility index (Phi) is 6.03. The van der Waals surface area contributed by atoms with Crippen LogP contribution in [0.1, 0.15) is 16.2 Å². The van der Waals surface area contributed by atoms with Crippen molar-refractivity contribution in [1.82, 2.24) is 14.8 Å². The maximum atomic E-state index is 12.6. The van der Waals surface area contributed by atoms with E-state index in [1.165, 1.54) is 36.0 Å². The highest BCUT2D eigenvalue weighted by Gasteiger charge is 2.26. The lowest BCUT2D eigenvalue weighted by molar-refractivity contribution is -0.132. The standard InChI is InChI=1S/C20H19N5O5S/c26-16-4-3-13(11-21-16)18(28)23-20-22-14(12-31-20)10-17(27)24-5-7-25(8-6-24)19(29)15-2-1-9-30-15/h1-4,9,11-13H,5-8,10H2,(H,22,23,28). The third-order valence-electron chi connectivity index (χ3n) is 4.88. The summed E-state index contributed by atoms with van der Waals surface area (Å²) in [5.74, 6) is -1.36. The molecule has 0 aromatic carbocycles. The molecule has 4 heterocycles. The van der Waals surface area contributed by atoms with Gasteiger partial charge in [-0.15, -0.1) is 11.3 Å². The van der Waals surface area contributed by atoms with E-state index in [-0.39, 0.29) is 24.1 Å². The van der Waals surface area contributed by atoms with Crippen molar-refractivity contribution in [2.75, 3.05) is 31.5 Å². The number of aliphatic imine (C=N–C) groups is 1. The van der Waals surface area contributed by atoms with Crippen LogP contribution in [0.3, 0.4) is 0 Å². The Morgan fingerprint density at radius 1 is 1.19 bits per heavy atom. The first-order valence-corrected chi connectivity index (χ1v) is 10.5. The monoisotopic (exact) mass is 441 g/mol. The summed E-state index contributed by atoms with van der Waals surface area (Å²) in [5.41, 5.74) is 0.558. The molecule has 0 radical (unpaired) electrons. The molecule has 1 atom stereocenters. The van der Waals surface area contributed by atoms with E-state index < -0.39 is 11.8 Å². The number of nitrogens with zero attached hydrogens (tertiary/aromatic N) is 4. The number of nitrogens with one attached hydrogen (secondary N) is 1. The Balaban J connectivity index is 1.26. The lowest BCUT2D eigenvalue weighted by Gasteiger charge is -2.34. The van der Waals surface area contributed by atoms with Crippen molar-refractivity contribution >= 4 is 46.3 Å². The Labute approximate surface area is 181 Å². The summed E-state index contributed by atoms with van der Waals surface area (Å²) in [5, 5.41) is 4.76. The van der Waals surface area contributed by atoms with Crippen molar-refractivity contribution < 1.29 is 23.6 Å². The van der Waals surface area contributed by atoms with Crippen LogP contribution in [0, 0.1) is 5.92 Å². The molecule has 2 aliphatic heterocycles. The minimum absolute atomic E-state index is 0.0888. The largest absolute Gasteiger partial charge is 0.459 e. The third-order valence-corrected chi connectivity index (χ3v) is 5.68. The second-order valence-corrected chi connectivity index (χ2v) is 7.82. The van der Waals surface area contributed by atoms with Crippen LogP contribution in [0.25, 0.3) is 0 Å². The molecule has 31 heavy (non-hydrogen) atoms. The molecule has 10 nitrogen and oxygen atoms in total. The molecule has 2 aromatic heterocycles. The number of piperazine rings is 1. The average Bonchev–Trinajstić information content (AvgIpc) is 3.46. The van der Waals surface area contributed by atoms with Gasteiger partial charge in [0.05, 0.1) is 24.3 Å². The highest BCUT2D eigenvalue weighted by atomic mass is 32.1. The number of hydrogen-bond acceptors (Lipinski definition) is 7.